The zero-order chi connectivity index (χ0) is 6.53. The summed E-state index contributed by atoms with van der Waals surface area (Å²) >= 11 is 0. The molecule has 1 N–H and O–H groups in total. The Labute approximate surface area is 55.9 Å². The van der Waals surface area contributed by atoms with Crippen molar-refractivity contribution in [2.24, 2.45) is 0 Å². The summed E-state index contributed by atoms with van der Waals surface area (Å²) < 4.78 is 5.16. The molecule has 0 saturated carbocycles. The third-order valence-electron chi connectivity index (χ3n) is 1.48. The maximum Gasteiger partial charge on any atom is 0.0620 e. The third kappa shape index (κ3) is 2.16. The summed E-state index contributed by atoms with van der Waals surface area (Å²) in [6.45, 7) is 6.30. The molecular formula is C7H13NO. The maximum absolute atomic E-state index is 5.16. The van der Waals surface area contributed by atoms with Crippen molar-refractivity contribution < 1.29 is 4.74 Å². The van der Waals surface area contributed by atoms with Gasteiger partial charge in [0.1, 0.15) is 0 Å². The lowest BCUT2D eigenvalue weighted by atomic mass is 10.3. The first-order valence-corrected chi connectivity index (χ1v) is 3.35. The average Bonchev–Trinajstić information content (AvgIpc) is 2.34. The van der Waals surface area contributed by atoms with Gasteiger partial charge in [-0.05, 0) is 6.42 Å². The molecule has 0 unspecified atom stereocenters. The van der Waals surface area contributed by atoms with Crippen LogP contribution in [0.2, 0.25) is 0 Å². The normalized spacial score (nSPS) is 26.4. The van der Waals surface area contributed by atoms with Gasteiger partial charge >= 0.3 is 0 Å². The molecule has 1 aliphatic heterocycles. The molecule has 2 nitrogen and oxygen atoms in total. The summed E-state index contributed by atoms with van der Waals surface area (Å²) in [7, 11) is 0. The van der Waals surface area contributed by atoms with Gasteiger partial charge in [0, 0.05) is 19.2 Å². The summed E-state index contributed by atoms with van der Waals surface area (Å²) in [5.74, 6) is 0. The zero-order valence-corrected chi connectivity index (χ0v) is 5.60. The van der Waals surface area contributed by atoms with E-state index in [4.69, 9.17) is 4.74 Å². The van der Waals surface area contributed by atoms with Gasteiger partial charge in [0.25, 0.3) is 0 Å². The highest BCUT2D eigenvalue weighted by atomic mass is 16.5. The highest BCUT2D eigenvalue weighted by Crippen LogP contribution is 2.01. The Morgan fingerprint density at radius 1 is 1.78 bits per heavy atom. The van der Waals surface area contributed by atoms with E-state index in [0.29, 0.717) is 6.04 Å². The van der Waals surface area contributed by atoms with Gasteiger partial charge in [-0.3, -0.25) is 0 Å². The molecule has 0 aromatic rings. The van der Waals surface area contributed by atoms with E-state index in [9.17, 15) is 0 Å². The molecule has 0 spiro atoms. The molecule has 1 fully saturated rings. The Hall–Kier alpha value is -0.340. The van der Waals surface area contributed by atoms with Crippen LogP contribution in [0.5, 0.6) is 0 Å². The average molecular weight is 127 g/mol. The van der Waals surface area contributed by atoms with Crippen LogP contribution in [0.3, 0.4) is 0 Å². The van der Waals surface area contributed by atoms with Crippen molar-refractivity contribution in [2.75, 3.05) is 19.8 Å². The minimum absolute atomic E-state index is 0.572. The lowest BCUT2D eigenvalue weighted by molar-refractivity contribution is 0.190. The van der Waals surface area contributed by atoms with Gasteiger partial charge in [0.15, 0.2) is 0 Å². The van der Waals surface area contributed by atoms with Crippen molar-refractivity contribution in [1.29, 1.82) is 0 Å². The quantitative estimate of drug-likeness (QED) is 0.559. The fourth-order valence-electron chi connectivity index (χ4n) is 0.946. The Balaban J connectivity index is 2.04. The molecule has 0 aliphatic carbocycles. The van der Waals surface area contributed by atoms with Crippen molar-refractivity contribution in [3.05, 3.63) is 12.7 Å². The first-order chi connectivity index (χ1) is 4.43. The molecule has 1 heterocycles. The molecule has 0 bridgehead atoms. The van der Waals surface area contributed by atoms with Crippen LogP contribution in [0.1, 0.15) is 6.42 Å². The standard InChI is InChI=1S/C7H13NO/c1-2-4-8-7-3-5-9-6-7/h2,7-8H,1,3-6H2/t7-/m1/s1. The van der Waals surface area contributed by atoms with Gasteiger partial charge < -0.3 is 10.1 Å². The second-order valence-corrected chi connectivity index (χ2v) is 2.26. The maximum atomic E-state index is 5.16. The molecule has 0 radical (unpaired) electrons. The minimum Gasteiger partial charge on any atom is -0.380 e. The zero-order valence-electron chi connectivity index (χ0n) is 5.60. The summed E-state index contributed by atoms with van der Waals surface area (Å²) in [6, 6.07) is 0.572. The highest BCUT2D eigenvalue weighted by Gasteiger charge is 2.12. The summed E-state index contributed by atoms with van der Waals surface area (Å²) in [6.07, 6.45) is 3.02. The third-order valence-corrected chi connectivity index (χ3v) is 1.48. The van der Waals surface area contributed by atoms with E-state index < -0.39 is 0 Å². The number of hydrogen-bond acceptors (Lipinski definition) is 2. The van der Waals surface area contributed by atoms with Crippen molar-refractivity contribution in [3.63, 3.8) is 0 Å². The molecule has 0 amide bonds. The molecule has 1 aliphatic rings. The van der Waals surface area contributed by atoms with Gasteiger partial charge in [-0.15, -0.1) is 6.58 Å². The number of hydrogen-bond donors (Lipinski definition) is 1. The van der Waals surface area contributed by atoms with Crippen LogP contribution in [0.15, 0.2) is 12.7 Å². The molecule has 1 saturated heterocycles. The Morgan fingerprint density at radius 3 is 3.22 bits per heavy atom. The van der Waals surface area contributed by atoms with E-state index in [2.05, 4.69) is 11.9 Å². The summed E-state index contributed by atoms with van der Waals surface area (Å²) in [4.78, 5) is 0. The first kappa shape index (κ1) is 6.78. The summed E-state index contributed by atoms with van der Waals surface area (Å²) in [5.41, 5.74) is 0. The predicted octanol–water partition coefficient (Wildman–Crippen LogP) is 0.551. The minimum atomic E-state index is 0.572. The van der Waals surface area contributed by atoms with Crippen LogP contribution >= 0.6 is 0 Å². The van der Waals surface area contributed by atoms with Crippen LogP contribution in [0.4, 0.5) is 0 Å². The smallest absolute Gasteiger partial charge is 0.0620 e. The molecular weight excluding hydrogens is 114 g/mol. The second-order valence-electron chi connectivity index (χ2n) is 2.26. The van der Waals surface area contributed by atoms with Crippen molar-refractivity contribution in [2.45, 2.75) is 12.5 Å². The van der Waals surface area contributed by atoms with E-state index in [-0.39, 0.29) is 0 Å². The lowest BCUT2D eigenvalue weighted by Crippen LogP contribution is -2.28. The van der Waals surface area contributed by atoms with Gasteiger partial charge in [0.05, 0.1) is 6.61 Å². The molecule has 0 aromatic heterocycles. The fourth-order valence-corrected chi connectivity index (χ4v) is 0.946. The van der Waals surface area contributed by atoms with Crippen LogP contribution in [-0.2, 0) is 4.74 Å². The fraction of sp³-hybridized carbons (Fsp3) is 0.714. The van der Waals surface area contributed by atoms with Gasteiger partial charge in [0.2, 0.25) is 0 Å². The van der Waals surface area contributed by atoms with Crippen molar-refractivity contribution >= 4 is 0 Å². The van der Waals surface area contributed by atoms with Crippen LogP contribution in [0, 0.1) is 0 Å². The predicted molar refractivity (Wildman–Crippen MR) is 37.4 cm³/mol. The molecule has 9 heavy (non-hydrogen) atoms. The van der Waals surface area contributed by atoms with Crippen molar-refractivity contribution in [1.82, 2.24) is 5.32 Å². The first-order valence-electron chi connectivity index (χ1n) is 3.35. The van der Waals surface area contributed by atoms with Gasteiger partial charge in [-0.2, -0.15) is 0 Å². The summed E-state index contributed by atoms with van der Waals surface area (Å²) in [5, 5.41) is 3.29. The van der Waals surface area contributed by atoms with E-state index >= 15 is 0 Å². The van der Waals surface area contributed by atoms with Crippen LogP contribution in [0.25, 0.3) is 0 Å². The van der Waals surface area contributed by atoms with E-state index in [1.54, 1.807) is 0 Å². The van der Waals surface area contributed by atoms with E-state index in [1.165, 1.54) is 0 Å². The Bertz CT molecular complexity index is 86.9. The Kier molecular flexibility index (Phi) is 2.74. The molecule has 1 rings (SSSR count). The molecule has 1 atom stereocenters. The monoisotopic (exact) mass is 127 g/mol. The van der Waals surface area contributed by atoms with Crippen molar-refractivity contribution in [3.8, 4) is 0 Å². The number of rotatable bonds is 3. The van der Waals surface area contributed by atoms with Gasteiger partial charge in [-0.25, -0.2) is 0 Å². The van der Waals surface area contributed by atoms with E-state index in [1.807, 2.05) is 6.08 Å². The second kappa shape index (κ2) is 3.64. The van der Waals surface area contributed by atoms with Gasteiger partial charge in [-0.1, -0.05) is 6.08 Å². The topological polar surface area (TPSA) is 21.3 Å². The van der Waals surface area contributed by atoms with E-state index in [0.717, 1.165) is 26.2 Å². The lowest BCUT2D eigenvalue weighted by Gasteiger charge is -2.05. The number of ether oxygens (including phenoxy) is 1. The Morgan fingerprint density at radius 2 is 2.67 bits per heavy atom. The molecule has 0 aromatic carbocycles. The van der Waals surface area contributed by atoms with Crippen LogP contribution < -0.4 is 5.32 Å². The molecule has 2 heteroatoms. The SMILES string of the molecule is C=CCN[C@@H]1CCOC1. The van der Waals surface area contributed by atoms with Crippen LogP contribution in [-0.4, -0.2) is 25.8 Å². The largest absolute Gasteiger partial charge is 0.380 e. The number of nitrogens with one attached hydrogen (secondary N) is 1. The highest BCUT2D eigenvalue weighted by molar-refractivity contribution is 4.77. The molecule has 52 valence electrons.